The molecule has 0 aliphatic carbocycles. The van der Waals surface area contributed by atoms with Gasteiger partial charge in [-0.3, -0.25) is 13.9 Å². The van der Waals surface area contributed by atoms with Gasteiger partial charge in [-0.1, -0.05) is 17.7 Å². The third-order valence-corrected chi connectivity index (χ3v) is 5.61. The summed E-state index contributed by atoms with van der Waals surface area (Å²) in [5.41, 5.74) is 1.79. The lowest BCUT2D eigenvalue weighted by Crippen LogP contribution is -2.23. The Hall–Kier alpha value is -4.24. The maximum atomic E-state index is 13.5. The summed E-state index contributed by atoms with van der Waals surface area (Å²) in [7, 11) is 1.56. The van der Waals surface area contributed by atoms with Crippen LogP contribution in [0, 0.1) is 11.7 Å². The molecule has 35 heavy (non-hydrogen) atoms. The first kappa shape index (κ1) is 23.9. The lowest BCUT2D eigenvalue weighted by molar-refractivity contribution is 0.340. The minimum atomic E-state index is -0.601. The summed E-state index contributed by atoms with van der Waals surface area (Å²) in [5.74, 6) is 0.889. The zero-order valence-electron chi connectivity index (χ0n) is 19.5. The van der Waals surface area contributed by atoms with Crippen molar-refractivity contribution in [2.24, 2.45) is 10.2 Å². The first-order chi connectivity index (χ1) is 16.9. The number of benzene rings is 3. The van der Waals surface area contributed by atoms with Crippen LogP contribution >= 0.6 is 12.2 Å². The molecule has 0 spiro atoms. The number of rotatable bonds is 7. The molecule has 0 atom stereocenters. The number of aromatic nitrogens is 2. The van der Waals surface area contributed by atoms with E-state index in [1.807, 2.05) is 26.0 Å². The SMILES string of the molecule is CCOc1ccc(-n2c(O)c(N=Nc3ccc(C)cc3)c(=O)n(-c3ccc(OC)cc3)c2=S)cc1. The van der Waals surface area contributed by atoms with Crippen molar-refractivity contribution in [3.8, 4) is 28.8 Å². The van der Waals surface area contributed by atoms with Crippen LogP contribution in [0.5, 0.6) is 17.4 Å². The van der Waals surface area contributed by atoms with Crippen molar-refractivity contribution < 1.29 is 14.6 Å². The number of azo groups is 1. The Morgan fingerprint density at radius 3 is 2.00 bits per heavy atom. The van der Waals surface area contributed by atoms with Gasteiger partial charge in [0.2, 0.25) is 11.6 Å². The fourth-order valence-electron chi connectivity index (χ4n) is 3.44. The molecule has 0 unspecified atom stereocenters. The van der Waals surface area contributed by atoms with Crippen LogP contribution in [0.4, 0.5) is 11.4 Å². The Morgan fingerprint density at radius 1 is 0.857 bits per heavy atom. The van der Waals surface area contributed by atoms with E-state index >= 15 is 0 Å². The normalized spacial score (nSPS) is 11.1. The van der Waals surface area contributed by atoms with E-state index in [1.54, 1.807) is 67.8 Å². The highest BCUT2D eigenvalue weighted by Gasteiger charge is 2.19. The van der Waals surface area contributed by atoms with E-state index in [4.69, 9.17) is 21.7 Å². The van der Waals surface area contributed by atoms with Crippen molar-refractivity contribution >= 4 is 23.6 Å². The zero-order valence-corrected chi connectivity index (χ0v) is 20.3. The smallest absolute Gasteiger partial charge is 0.290 e. The molecule has 0 aliphatic heterocycles. The molecule has 0 fully saturated rings. The number of ether oxygens (including phenoxy) is 2. The molecule has 8 nitrogen and oxygen atoms in total. The first-order valence-corrected chi connectivity index (χ1v) is 11.3. The maximum Gasteiger partial charge on any atom is 0.290 e. The summed E-state index contributed by atoms with van der Waals surface area (Å²) in [6.07, 6.45) is 0. The highest BCUT2D eigenvalue weighted by atomic mass is 32.1. The molecule has 178 valence electrons. The quantitative estimate of drug-likeness (QED) is 0.247. The van der Waals surface area contributed by atoms with E-state index in [2.05, 4.69) is 10.2 Å². The number of aryl methyl sites for hydroxylation is 1. The summed E-state index contributed by atoms with van der Waals surface area (Å²) >= 11 is 5.66. The van der Waals surface area contributed by atoms with E-state index < -0.39 is 11.4 Å². The molecular formula is C26H24N4O4S. The van der Waals surface area contributed by atoms with Crippen LogP contribution in [0.3, 0.4) is 0 Å². The van der Waals surface area contributed by atoms with E-state index in [9.17, 15) is 9.90 Å². The second-order valence-electron chi connectivity index (χ2n) is 7.59. The zero-order chi connectivity index (χ0) is 24.9. The average molecular weight is 489 g/mol. The average Bonchev–Trinajstić information content (AvgIpc) is 2.86. The van der Waals surface area contributed by atoms with Crippen LogP contribution in [0.2, 0.25) is 0 Å². The van der Waals surface area contributed by atoms with Crippen molar-refractivity contribution in [2.75, 3.05) is 13.7 Å². The fourth-order valence-corrected chi connectivity index (χ4v) is 3.82. The molecule has 0 saturated carbocycles. The Morgan fingerprint density at radius 2 is 1.43 bits per heavy atom. The van der Waals surface area contributed by atoms with Crippen LogP contribution in [-0.4, -0.2) is 28.0 Å². The van der Waals surface area contributed by atoms with Crippen molar-refractivity contribution in [1.82, 2.24) is 9.13 Å². The van der Waals surface area contributed by atoms with E-state index in [1.165, 1.54) is 9.13 Å². The van der Waals surface area contributed by atoms with Crippen molar-refractivity contribution in [2.45, 2.75) is 13.8 Å². The predicted molar refractivity (Wildman–Crippen MR) is 137 cm³/mol. The van der Waals surface area contributed by atoms with Gasteiger partial charge in [0.1, 0.15) is 11.5 Å². The summed E-state index contributed by atoms with van der Waals surface area (Å²) in [6, 6.07) is 21.2. The van der Waals surface area contributed by atoms with Gasteiger partial charge in [-0.2, -0.15) is 5.11 Å². The molecule has 1 N–H and O–H groups in total. The number of hydrogen-bond acceptors (Lipinski definition) is 7. The van der Waals surface area contributed by atoms with Crippen LogP contribution < -0.4 is 15.0 Å². The number of methoxy groups -OCH3 is 1. The third kappa shape index (κ3) is 4.99. The van der Waals surface area contributed by atoms with E-state index in [0.29, 0.717) is 35.2 Å². The highest BCUT2D eigenvalue weighted by Crippen LogP contribution is 2.30. The molecule has 3 aromatic carbocycles. The van der Waals surface area contributed by atoms with Crippen molar-refractivity contribution in [3.63, 3.8) is 0 Å². The lowest BCUT2D eigenvalue weighted by Gasteiger charge is -2.16. The molecule has 4 rings (SSSR count). The minimum absolute atomic E-state index is 0.0658. The molecule has 4 aromatic rings. The van der Waals surface area contributed by atoms with Crippen LogP contribution in [0.25, 0.3) is 11.4 Å². The van der Waals surface area contributed by atoms with Gasteiger partial charge in [0.25, 0.3) is 5.56 Å². The van der Waals surface area contributed by atoms with Crippen molar-refractivity contribution in [3.05, 3.63) is 93.5 Å². The standard InChI is InChI=1S/C26H24N4O4S/c1-4-34-22-15-11-20(12-16-22)30-25(32)23(28-27-18-7-5-17(2)6-8-18)24(31)29(26(30)35)19-9-13-21(33-3)14-10-19/h5-16,32H,4H2,1-3H3. The summed E-state index contributed by atoms with van der Waals surface area (Å²) in [6.45, 7) is 4.38. The number of hydrogen-bond donors (Lipinski definition) is 1. The summed E-state index contributed by atoms with van der Waals surface area (Å²) in [4.78, 5) is 13.5. The van der Waals surface area contributed by atoms with Crippen molar-refractivity contribution in [1.29, 1.82) is 0 Å². The van der Waals surface area contributed by atoms with Gasteiger partial charge in [0, 0.05) is 0 Å². The molecule has 9 heteroatoms. The molecule has 1 heterocycles. The Labute approximate surface area is 207 Å². The molecule has 0 amide bonds. The monoisotopic (exact) mass is 488 g/mol. The molecule has 0 radical (unpaired) electrons. The summed E-state index contributed by atoms with van der Waals surface area (Å²) in [5, 5.41) is 19.4. The topological polar surface area (TPSA) is 90.3 Å². The van der Waals surface area contributed by atoms with Gasteiger partial charge >= 0.3 is 0 Å². The van der Waals surface area contributed by atoms with E-state index in [0.717, 1.165) is 5.56 Å². The van der Waals surface area contributed by atoms with Gasteiger partial charge < -0.3 is 14.6 Å². The van der Waals surface area contributed by atoms with Crippen LogP contribution in [0.1, 0.15) is 12.5 Å². The molecular weight excluding hydrogens is 464 g/mol. The fraction of sp³-hybridized carbons (Fsp3) is 0.154. The maximum absolute atomic E-state index is 13.5. The molecule has 1 aromatic heterocycles. The number of aromatic hydroxyl groups is 1. The van der Waals surface area contributed by atoms with Gasteiger partial charge in [-0.05, 0) is 86.7 Å². The highest BCUT2D eigenvalue weighted by molar-refractivity contribution is 7.71. The Kier molecular flexibility index (Phi) is 7.07. The lowest BCUT2D eigenvalue weighted by atomic mass is 10.2. The van der Waals surface area contributed by atoms with Gasteiger partial charge in [0.05, 0.1) is 30.8 Å². The van der Waals surface area contributed by atoms with Crippen LogP contribution in [-0.2, 0) is 0 Å². The van der Waals surface area contributed by atoms with Gasteiger partial charge in [0.15, 0.2) is 4.77 Å². The second kappa shape index (κ2) is 10.4. The second-order valence-corrected chi connectivity index (χ2v) is 7.96. The first-order valence-electron chi connectivity index (χ1n) is 10.9. The van der Waals surface area contributed by atoms with E-state index in [-0.39, 0.29) is 10.5 Å². The Bertz CT molecular complexity index is 1470. The molecule has 0 saturated heterocycles. The number of nitrogens with zero attached hydrogens (tertiary/aromatic N) is 4. The van der Waals surface area contributed by atoms with Crippen LogP contribution in [0.15, 0.2) is 87.8 Å². The Balaban J connectivity index is 1.94. The minimum Gasteiger partial charge on any atom is -0.497 e. The predicted octanol–water partition coefficient (Wildman–Crippen LogP) is 6.19. The van der Waals surface area contributed by atoms with Gasteiger partial charge in [-0.15, -0.1) is 5.11 Å². The summed E-state index contributed by atoms with van der Waals surface area (Å²) < 4.78 is 13.5. The third-order valence-electron chi connectivity index (χ3n) is 5.25. The van der Waals surface area contributed by atoms with Gasteiger partial charge in [-0.25, -0.2) is 0 Å². The molecule has 0 aliphatic rings. The molecule has 0 bridgehead atoms. The largest absolute Gasteiger partial charge is 0.497 e.